The quantitative estimate of drug-likeness (QED) is 0.195. The van der Waals surface area contributed by atoms with E-state index in [0.29, 0.717) is 6.61 Å². The number of rotatable bonds is 15. The summed E-state index contributed by atoms with van der Waals surface area (Å²) in [6, 6.07) is 0. The first-order valence-corrected chi connectivity index (χ1v) is 11.1. The van der Waals surface area contributed by atoms with Gasteiger partial charge in [0.05, 0.1) is 12.5 Å². The summed E-state index contributed by atoms with van der Waals surface area (Å²) < 4.78 is 10.7. The van der Waals surface area contributed by atoms with Gasteiger partial charge in [-0.05, 0) is 36.5 Å². The molecule has 0 aromatic rings. The minimum absolute atomic E-state index is 0.00764. The molecule has 0 aromatic heterocycles. The summed E-state index contributed by atoms with van der Waals surface area (Å²) >= 11 is 0. The Hall–Kier alpha value is -0.570. The molecule has 0 bridgehead atoms. The lowest BCUT2D eigenvalue weighted by molar-refractivity contribution is -0.149. The number of hydrogen-bond donors (Lipinski definition) is 0. The van der Waals surface area contributed by atoms with Gasteiger partial charge in [-0.15, -0.1) is 0 Å². The Morgan fingerprint density at radius 2 is 1.35 bits per heavy atom. The fraction of sp³-hybridized carbons (Fsp3) is 0.957. The Bertz CT molecular complexity index is 374. The van der Waals surface area contributed by atoms with E-state index in [2.05, 4.69) is 41.5 Å². The van der Waals surface area contributed by atoms with Gasteiger partial charge < -0.3 is 9.47 Å². The number of ether oxygens (including phenoxy) is 2. The summed E-state index contributed by atoms with van der Waals surface area (Å²) in [4.78, 5) is 12.5. The predicted octanol–water partition coefficient (Wildman–Crippen LogP) is 6.25. The van der Waals surface area contributed by atoms with Crippen LogP contribution in [-0.4, -0.2) is 25.3 Å². The van der Waals surface area contributed by atoms with Gasteiger partial charge in [0.15, 0.2) is 0 Å². The minimum atomic E-state index is 0.00764. The second-order valence-electron chi connectivity index (χ2n) is 9.29. The van der Waals surface area contributed by atoms with Crippen molar-refractivity contribution in [1.82, 2.24) is 0 Å². The molecule has 0 saturated carbocycles. The molecule has 154 valence electrons. The van der Waals surface area contributed by atoms with Crippen molar-refractivity contribution in [1.29, 1.82) is 0 Å². The lowest BCUT2D eigenvalue weighted by Gasteiger charge is -2.19. The third-order valence-corrected chi connectivity index (χ3v) is 6.35. The first kappa shape index (κ1) is 23.5. The van der Waals surface area contributed by atoms with Crippen LogP contribution in [0.3, 0.4) is 0 Å². The van der Waals surface area contributed by atoms with E-state index < -0.39 is 0 Å². The molecule has 4 atom stereocenters. The molecule has 0 aromatic carbocycles. The molecule has 0 radical (unpaired) electrons. The normalized spacial score (nSPS) is 20.2. The van der Waals surface area contributed by atoms with E-state index in [-0.39, 0.29) is 18.0 Å². The highest BCUT2D eigenvalue weighted by Crippen LogP contribution is 2.24. The molecule has 3 heteroatoms. The summed E-state index contributed by atoms with van der Waals surface area (Å²) in [6.45, 7) is 15.0. The van der Waals surface area contributed by atoms with Gasteiger partial charge in [0.25, 0.3) is 0 Å². The molecule has 1 aliphatic heterocycles. The molecule has 0 amide bonds. The van der Waals surface area contributed by atoms with E-state index in [1.807, 2.05) is 0 Å². The molecule has 1 heterocycles. The number of carbonyl (C=O) groups excluding carboxylic acids is 1. The average molecular weight is 369 g/mol. The highest BCUT2D eigenvalue weighted by atomic mass is 16.6. The van der Waals surface area contributed by atoms with Crippen LogP contribution in [0.1, 0.15) is 92.9 Å². The maximum atomic E-state index is 12.5. The highest BCUT2D eigenvalue weighted by molar-refractivity contribution is 5.72. The molecule has 1 fully saturated rings. The molecular weight excluding hydrogens is 324 g/mol. The lowest BCUT2D eigenvalue weighted by Crippen LogP contribution is -2.20. The second-order valence-corrected chi connectivity index (χ2v) is 9.29. The molecule has 3 nitrogen and oxygen atoms in total. The van der Waals surface area contributed by atoms with Gasteiger partial charge in [-0.1, -0.05) is 80.1 Å². The van der Waals surface area contributed by atoms with Crippen LogP contribution in [0.25, 0.3) is 0 Å². The molecule has 1 aliphatic rings. The molecular formula is C23H44O3. The van der Waals surface area contributed by atoms with Crippen molar-refractivity contribution in [3.63, 3.8) is 0 Å². The van der Waals surface area contributed by atoms with Crippen LogP contribution in [0.5, 0.6) is 0 Å². The van der Waals surface area contributed by atoms with E-state index in [4.69, 9.17) is 9.47 Å². The average Bonchev–Trinajstić information content (AvgIpc) is 3.41. The van der Waals surface area contributed by atoms with Crippen molar-refractivity contribution in [2.75, 3.05) is 13.2 Å². The fourth-order valence-electron chi connectivity index (χ4n) is 3.22. The fourth-order valence-corrected chi connectivity index (χ4v) is 3.22. The van der Waals surface area contributed by atoms with Crippen molar-refractivity contribution < 1.29 is 14.3 Å². The number of unbranched alkanes of at least 4 members (excludes halogenated alkanes) is 2. The van der Waals surface area contributed by atoms with Crippen molar-refractivity contribution in [3.05, 3.63) is 0 Å². The Balaban J connectivity index is 2.30. The van der Waals surface area contributed by atoms with Gasteiger partial charge in [-0.2, -0.15) is 0 Å². The van der Waals surface area contributed by atoms with E-state index in [1.165, 1.54) is 25.7 Å². The van der Waals surface area contributed by atoms with E-state index in [0.717, 1.165) is 56.0 Å². The third kappa shape index (κ3) is 10.5. The zero-order valence-electron chi connectivity index (χ0n) is 18.3. The monoisotopic (exact) mass is 368 g/mol. The Morgan fingerprint density at radius 1 is 0.846 bits per heavy atom. The zero-order valence-corrected chi connectivity index (χ0v) is 18.3. The zero-order chi connectivity index (χ0) is 19.5. The van der Waals surface area contributed by atoms with Crippen molar-refractivity contribution in [3.8, 4) is 0 Å². The first-order valence-electron chi connectivity index (χ1n) is 11.1. The second kappa shape index (κ2) is 12.8. The molecule has 0 aliphatic carbocycles. The van der Waals surface area contributed by atoms with Crippen LogP contribution in [0.15, 0.2) is 0 Å². The van der Waals surface area contributed by atoms with Gasteiger partial charge in [-0.25, -0.2) is 0 Å². The number of epoxide rings is 1. The van der Waals surface area contributed by atoms with Crippen LogP contribution in [0.4, 0.5) is 0 Å². The topological polar surface area (TPSA) is 38.8 Å². The van der Waals surface area contributed by atoms with E-state index in [1.54, 1.807) is 0 Å². The minimum Gasteiger partial charge on any atom is -0.463 e. The van der Waals surface area contributed by atoms with Crippen LogP contribution in [0.2, 0.25) is 0 Å². The van der Waals surface area contributed by atoms with Crippen LogP contribution >= 0.6 is 0 Å². The van der Waals surface area contributed by atoms with Gasteiger partial charge >= 0.3 is 5.97 Å². The largest absolute Gasteiger partial charge is 0.463 e. The van der Waals surface area contributed by atoms with E-state index >= 15 is 0 Å². The molecule has 4 unspecified atom stereocenters. The number of hydrogen-bond acceptors (Lipinski definition) is 3. The summed E-state index contributed by atoms with van der Waals surface area (Å²) in [7, 11) is 0. The first-order chi connectivity index (χ1) is 12.3. The van der Waals surface area contributed by atoms with Crippen molar-refractivity contribution in [2.24, 2.45) is 29.6 Å². The maximum Gasteiger partial charge on any atom is 0.309 e. The summed E-state index contributed by atoms with van der Waals surface area (Å²) in [5.74, 6) is 3.10. The van der Waals surface area contributed by atoms with Crippen LogP contribution in [0, 0.1) is 29.6 Å². The SMILES string of the molecule is CC(C)C(C)CCCCCC(CCCC(C)C(C)C)C(=O)OCC1CO1. The smallest absolute Gasteiger partial charge is 0.309 e. The van der Waals surface area contributed by atoms with Gasteiger partial charge in [-0.3, -0.25) is 4.79 Å². The Morgan fingerprint density at radius 3 is 1.88 bits per heavy atom. The van der Waals surface area contributed by atoms with Gasteiger partial charge in [0.1, 0.15) is 12.7 Å². The summed E-state index contributed by atoms with van der Waals surface area (Å²) in [5, 5.41) is 0. The van der Waals surface area contributed by atoms with Crippen LogP contribution < -0.4 is 0 Å². The predicted molar refractivity (Wildman–Crippen MR) is 109 cm³/mol. The number of esters is 1. The van der Waals surface area contributed by atoms with E-state index in [9.17, 15) is 4.79 Å². The summed E-state index contributed by atoms with van der Waals surface area (Å²) in [6.07, 6.45) is 9.42. The molecule has 1 rings (SSSR count). The summed E-state index contributed by atoms with van der Waals surface area (Å²) in [5.41, 5.74) is 0. The molecule has 0 N–H and O–H groups in total. The lowest BCUT2D eigenvalue weighted by atomic mass is 9.88. The Labute approximate surface area is 162 Å². The third-order valence-electron chi connectivity index (χ3n) is 6.35. The standard InChI is InChI=1S/C23H44O3/c1-17(2)19(5)11-8-7-9-13-21(14-10-12-20(6)18(3)4)23(24)26-16-22-15-25-22/h17-22H,7-16H2,1-6H3. The van der Waals surface area contributed by atoms with Gasteiger partial charge in [0.2, 0.25) is 0 Å². The molecule has 1 saturated heterocycles. The highest BCUT2D eigenvalue weighted by Gasteiger charge is 2.27. The Kier molecular flexibility index (Phi) is 11.5. The maximum absolute atomic E-state index is 12.5. The van der Waals surface area contributed by atoms with Gasteiger partial charge in [0, 0.05) is 0 Å². The van der Waals surface area contributed by atoms with Crippen LogP contribution in [-0.2, 0) is 14.3 Å². The number of carbonyl (C=O) groups is 1. The van der Waals surface area contributed by atoms with Crippen molar-refractivity contribution >= 4 is 5.97 Å². The molecule has 0 spiro atoms. The van der Waals surface area contributed by atoms with Crippen molar-refractivity contribution in [2.45, 2.75) is 99.0 Å². The molecule has 26 heavy (non-hydrogen) atoms.